The summed E-state index contributed by atoms with van der Waals surface area (Å²) < 4.78 is 7.31. The van der Waals surface area contributed by atoms with Gasteiger partial charge in [0.05, 0.1) is 30.4 Å². The Morgan fingerprint density at radius 3 is 2.73 bits per heavy atom. The van der Waals surface area contributed by atoms with E-state index in [9.17, 15) is 10.1 Å². The Labute approximate surface area is 149 Å². The number of morpholine rings is 1. The van der Waals surface area contributed by atoms with Gasteiger partial charge in [-0.25, -0.2) is 9.97 Å². The molecule has 0 radical (unpaired) electrons. The Kier molecular flexibility index (Phi) is 4.00. The van der Waals surface area contributed by atoms with Crippen LogP contribution < -0.4 is 4.90 Å². The van der Waals surface area contributed by atoms with Crippen LogP contribution in [0.25, 0.3) is 22.4 Å². The quantitative estimate of drug-likeness (QED) is 0.525. The van der Waals surface area contributed by atoms with E-state index in [4.69, 9.17) is 9.72 Å². The van der Waals surface area contributed by atoms with Gasteiger partial charge in [-0.15, -0.1) is 0 Å². The van der Waals surface area contributed by atoms with Crippen molar-refractivity contribution in [2.75, 3.05) is 24.7 Å². The fraction of sp³-hybridized carbons (Fsp3) is 0.353. The van der Waals surface area contributed by atoms with Crippen molar-refractivity contribution in [2.45, 2.75) is 13.0 Å². The van der Waals surface area contributed by atoms with Gasteiger partial charge in [0.2, 0.25) is 0 Å². The predicted molar refractivity (Wildman–Crippen MR) is 96.0 cm³/mol. The third-order valence-corrected chi connectivity index (χ3v) is 4.55. The molecule has 1 unspecified atom stereocenters. The second kappa shape index (κ2) is 6.34. The number of aryl methyl sites for hydroxylation is 1. The zero-order valence-corrected chi connectivity index (χ0v) is 14.5. The zero-order valence-electron chi connectivity index (χ0n) is 14.5. The highest BCUT2D eigenvalue weighted by Crippen LogP contribution is 2.29. The summed E-state index contributed by atoms with van der Waals surface area (Å²) in [4.78, 5) is 22.0. The van der Waals surface area contributed by atoms with Crippen LogP contribution in [0, 0.1) is 10.1 Å². The van der Waals surface area contributed by atoms with Crippen LogP contribution in [0.3, 0.4) is 0 Å². The molecule has 1 aromatic carbocycles. The Hall–Kier alpha value is -3.07. The number of hydrogen-bond acceptors (Lipinski definition) is 7. The van der Waals surface area contributed by atoms with Crippen molar-refractivity contribution < 1.29 is 9.66 Å². The summed E-state index contributed by atoms with van der Waals surface area (Å²) in [5.74, 6) is 1.33. The predicted octanol–water partition coefficient (Wildman–Crippen LogP) is 2.16. The number of nitrogens with zero attached hydrogens (tertiary/aromatic N) is 6. The third kappa shape index (κ3) is 2.76. The van der Waals surface area contributed by atoms with Gasteiger partial charge in [-0.2, -0.15) is 5.10 Å². The number of non-ortho nitro benzene ring substituents is 1. The number of fused-ring (bicyclic) bond motifs is 1. The maximum atomic E-state index is 10.9. The van der Waals surface area contributed by atoms with E-state index in [1.807, 2.05) is 7.05 Å². The van der Waals surface area contributed by atoms with E-state index in [0.717, 1.165) is 29.0 Å². The summed E-state index contributed by atoms with van der Waals surface area (Å²) >= 11 is 0. The van der Waals surface area contributed by atoms with Crippen LogP contribution in [0.2, 0.25) is 0 Å². The molecule has 2 aromatic heterocycles. The Bertz CT molecular complexity index is 969. The fourth-order valence-electron chi connectivity index (χ4n) is 3.16. The first-order valence-corrected chi connectivity index (χ1v) is 8.33. The highest BCUT2D eigenvalue weighted by atomic mass is 16.6. The van der Waals surface area contributed by atoms with Crippen molar-refractivity contribution in [1.82, 2.24) is 19.7 Å². The molecule has 26 heavy (non-hydrogen) atoms. The molecule has 1 aliphatic heterocycles. The zero-order chi connectivity index (χ0) is 18.3. The monoisotopic (exact) mass is 354 g/mol. The lowest BCUT2D eigenvalue weighted by atomic mass is 10.2. The van der Waals surface area contributed by atoms with Gasteiger partial charge in [0.1, 0.15) is 11.0 Å². The van der Waals surface area contributed by atoms with Gasteiger partial charge in [0, 0.05) is 31.3 Å². The number of nitro groups is 1. The number of benzene rings is 1. The summed E-state index contributed by atoms with van der Waals surface area (Å²) in [7, 11) is 1.87. The molecule has 0 spiro atoms. The molecule has 1 saturated heterocycles. The number of rotatable bonds is 3. The van der Waals surface area contributed by atoms with E-state index in [2.05, 4.69) is 21.9 Å². The molecular formula is C17H18N6O3. The first kappa shape index (κ1) is 16.4. The van der Waals surface area contributed by atoms with Gasteiger partial charge in [0.15, 0.2) is 11.6 Å². The van der Waals surface area contributed by atoms with E-state index in [-0.39, 0.29) is 11.7 Å². The number of aromatic nitrogens is 4. The largest absolute Gasteiger partial charge is 0.377 e. The molecule has 3 aromatic rings. The minimum absolute atomic E-state index is 0.0400. The second-order valence-electron chi connectivity index (χ2n) is 6.29. The number of anilines is 1. The van der Waals surface area contributed by atoms with Gasteiger partial charge in [-0.05, 0) is 19.1 Å². The van der Waals surface area contributed by atoms with Crippen LogP contribution in [-0.2, 0) is 11.8 Å². The van der Waals surface area contributed by atoms with E-state index in [0.29, 0.717) is 19.0 Å². The first-order chi connectivity index (χ1) is 12.5. The minimum Gasteiger partial charge on any atom is -0.377 e. The standard InChI is InChI=1S/C17H18N6O3/c1-11-10-26-8-7-22(11)17-15-14(9-18-21(15)2)19-16(20-17)12-3-5-13(6-4-12)23(24)25/h3-6,9,11H,7-8,10H2,1-2H3. The highest BCUT2D eigenvalue weighted by Gasteiger charge is 2.25. The molecule has 0 saturated carbocycles. The summed E-state index contributed by atoms with van der Waals surface area (Å²) in [6.07, 6.45) is 1.71. The van der Waals surface area contributed by atoms with Crippen LogP contribution in [0.15, 0.2) is 30.5 Å². The lowest BCUT2D eigenvalue weighted by Gasteiger charge is -2.34. The van der Waals surface area contributed by atoms with Crippen LogP contribution in [0.1, 0.15) is 6.92 Å². The van der Waals surface area contributed by atoms with Gasteiger partial charge < -0.3 is 9.64 Å². The maximum absolute atomic E-state index is 10.9. The molecule has 1 fully saturated rings. The minimum atomic E-state index is -0.421. The summed E-state index contributed by atoms with van der Waals surface area (Å²) in [6.45, 7) is 4.10. The third-order valence-electron chi connectivity index (χ3n) is 4.55. The number of nitro benzene ring substituents is 1. The van der Waals surface area contributed by atoms with Crippen molar-refractivity contribution in [1.29, 1.82) is 0 Å². The van der Waals surface area contributed by atoms with Crippen molar-refractivity contribution in [2.24, 2.45) is 7.05 Å². The van der Waals surface area contributed by atoms with Crippen molar-refractivity contribution in [3.05, 3.63) is 40.6 Å². The van der Waals surface area contributed by atoms with Gasteiger partial charge >= 0.3 is 0 Å². The smallest absolute Gasteiger partial charge is 0.269 e. The molecule has 0 bridgehead atoms. The molecule has 3 heterocycles. The van der Waals surface area contributed by atoms with Crippen molar-refractivity contribution in [3.63, 3.8) is 0 Å². The van der Waals surface area contributed by atoms with Gasteiger partial charge in [0.25, 0.3) is 5.69 Å². The molecule has 9 nitrogen and oxygen atoms in total. The Morgan fingerprint density at radius 2 is 2.04 bits per heavy atom. The summed E-state index contributed by atoms with van der Waals surface area (Å²) in [5.41, 5.74) is 2.37. The molecule has 1 aliphatic rings. The van der Waals surface area contributed by atoms with E-state index in [1.54, 1.807) is 23.0 Å². The topological polar surface area (TPSA) is 99.2 Å². The lowest BCUT2D eigenvalue weighted by Crippen LogP contribution is -2.44. The summed E-state index contributed by atoms with van der Waals surface area (Å²) in [5, 5.41) is 15.2. The van der Waals surface area contributed by atoms with E-state index < -0.39 is 4.92 Å². The van der Waals surface area contributed by atoms with E-state index in [1.165, 1.54) is 12.1 Å². The molecule has 134 valence electrons. The Balaban J connectivity index is 1.85. The van der Waals surface area contributed by atoms with Crippen molar-refractivity contribution in [3.8, 4) is 11.4 Å². The molecule has 4 rings (SSSR count). The fourth-order valence-corrected chi connectivity index (χ4v) is 3.16. The Morgan fingerprint density at radius 1 is 1.27 bits per heavy atom. The lowest BCUT2D eigenvalue weighted by molar-refractivity contribution is -0.384. The SMILES string of the molecule is CC1COCCN1c1nc(-c2ccc([N+](=O)[O-])cc2)nc2cnn(C)c12. The molecule has 1 atom stereocenters. The highest BCUT2D eigenvalue weighted by molar-refractivity contribution is 5.88. The molecule has 9 heteroatoms. The average Bonchev–Trinajstić information content (AvgIpc) is 3.03. The first-order valence-electron chi connectivity index (χ1n) is 8.33. The molecular weight excluding hydrogens is 336 g/mol. The van der Waals surface area contributed by atoms with Crippen LogP contribution >= 0.6 is 0 Å². The molecule has 0 aliphatic carbocycles. The average molecular weight is 354 g/mol. The van der Waals surface area contributed by atoms with Crippen molar-refractivity contribution >= 4 is 22.5 Å². The van der Waals surface area contributed by atoms with Crippen LogP contribution in [-0.4, -0.2) is 50.5 Å². The van der Waals surface area contributed by atoms with E-state index >= 15 is 0 Å². The number of hydrogen-bond donors (Lipinski definition) is 0. The maximum Gasteiger partial charge on any atom is 0.269 e. The van der Waals surface area contributed by atoms with Gasteiger partial charge in [-0.1, -0.05) is 0 Å². The normalized spacial score (nSPS) is 17.6. The van der Waals surface area contributed by atoms with Crippen LogP contribution in [0.5, 0.6) is 0 Å². The second-order valence-corrected chi connectivity index (χ2v) is 6.29. The molecule has 0 N–H and O–H groups in total. The van der Waals surface area contributed by atoms with Crippen LogP contribution in [0.4, 0.5) is 11.5 Å². The number of ether oxygens (including phenoxy) is 1. The van der Waals surface area contributed by atoms with Gasteiger partial charge in [-0.3, -0.25) is 14.8 Å². The summed E-state index contributed by atoms with van der Waals surface area (Å²) in [6, 6.07) is 6.44. The molecule has 0 amide bonds.